The topological polar surface area (TPSA) is 49.4 Å². The normalized spacial score (nSPS) is 34.1. The molecule has 2 aliphatic rings. The minimum Gasteiger partial charge on any atom is -0.313 e. The van der Waals surface area contributed by atoms with Crippen molar-refractivity contribution in [2.24, 2.45) is 0 Å². The molecule has 14 heavy (non-hydrogen) atoms. The van der Waals surface area contributed by atoms with Gasteiger partial charge in [0.15, 0.2) is 9.84 Å². The van der Waals surface area contributed by atoms with Crippen molar-refractivity contribution >= 4 is 21.6 Å². The van der Waals surface area contributed by atoms with E-state index in [4.69, 9.17) is 0 Å². The van der Waals surface area contributed by atoms with Crippen molar-refractivity contribution in [2.45, 2.75) is 5.37 Å². The van der Waals surface area contributed by atoms with Crippen LogP contribution in [0.2, 0.25) is 0 Å². The highest BCUT2D eigenvalue weighted by Crippen LogP contribution is 2.19. The van der Waals surface area contributed by atoms with Crippen LogP contribution in [0.5, 0.6) is 0 Å². The molecule has 0 aromatic heterocycles. The first-order valence-corrected chi connectivity index (χ1v) is 7.81. The maximum atomic E-state index is 11.2. The third-order valence-electron chi connectivity index (χ3n) is 2.69. The van der Waals surface area contributed by atoms with Gasteiger partial charge in [0, 0.05) is 31.9 Å². The lowest BCUT2D eigenvalue weighted by Crippen LogP contribution is -2.50. The first-order valence-electron chi connectivity index (χ1n) is 4.94. The lowest BCUT2D eigenvalue weighted by atomic mass is 10.4. The van der Waals surface area contributed by atoms with Crippen molar-refractivity contribution in [3.05, 3.63) is 0 Å². The Hall–Kier alpha value is 0.220. The Kier molecular flexibility index (Phi) is 3.36. The van der Waals surface area contributed by atoms with E-state index < -0.39 is 9.84 Å². The van der Waals surface area contributed by atoms with Crippen molar-refractivity contribution in [1.82, 2.24) is 10.2 Å². The molecule has 0 saturated carbocycles. The molecule has 0 bridgehead atoms. The van der Waals surface area contributed by atoms with Gasteiger partial charge in [-0.2, -0.15) is 0 Å². The third kappa shape index (κ3) is 2.62. The van der Waals surface area contributed by atoms with Gasteiger partial charge in [0.1, 0.15) is 0 Å². The fourth-order valence-electron chi connectivity index (χ4n) is 1.80. The van der Waals surface area contributed by atoms with Crippen LogP contribution in [0, 0.1) is 0 Å². The Labute approximate surface area is 89.3 Å². The Morgan fingerprint density at radius 3 is 2.57 bits per heavy atom. The van der Waals surface area contributed by atoms with Crippen LogP contribution in [-0.4, -0.2) is 62.1 Å². The van der Waals surface area contributed by atoms with Crippen LogP contribution in [-0.2, 0) is 9.84 Å². The summed E-state index contributed by atoms with van der Waals surface area (Å²) in [5.41, 5.74) is 0. The maximum Gasteiger partial charge on any atom is 0.152 e. The molecule has 0 amide bonds. The van der Waals surface area contributed by atoms with Gasteiger partial charge in [-0.05, 0) is 0 Å². The van der Waals surface area contributed by atoms with E-state index in [1.54, 1.807) is 0 Å². The van der Waals surface area contributed by atoms with Gasteiger partial charge in [0.05, 0.1) is 16.9 Å². The first-order chi connectivity index (χ1) is 6.67. The lowest BCUT2D eigenvalue weighted by molar-refractivity contribution is 0.268. The highest BCUT2D eigenvalue weighted by atomic mass is 32.2. The molecule has 2 aliphatic heterocycles. The second kappa shape index (κ2) is 4.38. The number of thioether (sulfide) groups is 1. The molecule has 2 fully saturated rings. The molecular weight excluding hydrogens is 220 g/mol. The molecule has 82 valence electrons. The fraction of sp³-hybridized carbons (Fsp3) is 1.00. The van der Waals surface area contributed by atoms with Gasteiger partial charge in [-0.3, -0.25) is 4.90 Å². The summed E-state index contributed by atoms with van der Waals surface area (Å²) < 4.78 is 22.5. The number of rotatable bonds is 1. The molecule has 0 aliphatic carbocycles. The predicted molar refractivity (Wildman–Crippen MR) is 59.3 cm³/mol. The van der Waals surface area contributed by atoms with Crippen LogP contribution in [0.15, 0.2) is 0 Å². The molecule has 6 heteroatoms. The monoisotopic (exact) mass is 236 g/mol. The molecule has 0 radical (unpaired) electrons. The molecule has 0 aromatic rings. The van der Waals surface area contributed by atoms with Gasteiger partial charge in [0.2, 0.25) is 0 Å². The standard InChI is InChI=1S/C8H16N2O2S2/c11-14(12)5-2-10(3-6-14)8-7-9-1-4-13-8/h8-9H,1-7H2. The summed E-state index contributed by atoms with van der Waals surface area (Å²) in [5, 5.41) is 3.83. The molecule has 0 aromatic carbocycles. The van der Waals surface area contributed by atoms with Crippen LogP contribution < -0.4 is 5.32 Å². The lowest BCUT2D eigenvalue weighted by Gasteiger charge is -2.36. The smallest absolute Gasteiger partial charge is 0.152 e. The van der Waals surface area contributed by atoms with Crippen LogP contribution in [0.4, 0.5) is 0 Å². The Morgan fingerprint density at radius 2 is 2.00 bits per heavy atom. The number of nitrogens with one attached hydrogen (secondary N) is 1. The fourth-order valence-corrected chi connectivity index (χ4v) is 4.22. The summed E-state index contributed by atoms with van der Waals surface area (Å²) in [4.78, 5) is 2.29. The highest BCUT2D eigenvalue weighted by molar-refractivity contribution is 7.99. The van der Waals surface area contributed by atoms with Gasteiger partial charge >= 0.3 is 0 Å². The van der Waals surface area contributed by atoms with Crippen molar-refractivity contribution < 1.29 is 8.42 Å². The van der Waals surface area contributed by atoms with Gasteiger partial charge in [-0.25, -0.2) is 8.42 Å². The molecule has 1 unspecified atom stereocenters. The van der Waals surface area contributed by atoms with Crippen molar-refractivity contribution in [3.8, 4) is 0 Å². The van der Waals surface area contributed by atoms with Crippen LogP contribution in [0.25, 0.3) is 0 Å². The zero-order valence-electron chi connectivity index (χ0n) is 8.11. The van der Waals surface area contributed by atoms with E-state index >= 15 is 0 Å². The van der Waals surface area contributed by atoms with E-state index in [-0.39, 0.29) is 0 Å². The maximum absolute atomic E-state index is 11.2. The SMILES string of the molecule is O=S1(=O)CCN(C2CNCCS2)CC1. The molecule has 2 saturated heterocycles. The third-order valence-corrected chi connectivity index (χ3v) is 5.59. The quantitative estimate of drug-likeness (QED) is 0.657. The van der Waals surface area contributed by atoms with E-state index in [0.717, 1.165) is 18.8 Å². The van der Waals surface area contributed by atoms with Crippen LogP contribution in [0.1, 0.15) is 0 Å². The van der Waals surface area contributed by atoms with E-state index in [1.165, 1.54) is 0 Å². The molecule has 4 nitrogen and oxygen atoms in total. The summed E-state index contributed by atoms with van der Waals surface area (Å²) in [6.07, 6.45) is 0. The molecular formula is C8H16N2O2S2. The van der Waals surface area contributed by atoms with E-state index in [2.05, 4.69) is 10.2 Å². The number of hydrogen-bond donors (Lipinski definition) is 1. The number of sulfone groups is 1. The predicted octanol–water partition coefficient (Wildman–Crippen LogP) is -0.621. The summed E-state index contributed by atoms with van der Waals surface area (Å²) in [5.74, 6) is 1.81. The molecule has 1 atom stereocenters. The van der Waals surface area contributed by atoms with Crippen molar-refractivity contribution in [1.29, 1.82) is 0 Å². The van der Waals surface area contributed by atoms with Crippen LogP contribution >= 0.6 is 11.8 Å². The van der Waals surface area contributed by atoms with Crippen molar-refractivity contribution in [3.63, 3.8) is 0 Å². The van der Waals surface area contributed by atoms with Gasteiger partial charge in [-0.15, -0.1) is 11.8 Å². The Morgan fingerprint density at radius 1 is 1.29 bits per heavy atom. The number of hydrogen-bond acceptors (Lipinski definition) is 5. The summed E-state index contributed by atoms with van der Waals surface area (Å²) in [7, 11) is -2.73. The second-order valence-corrected chi connectivity index (χ2v) is 7.31. The highest BCUT2D eigenvalue weighted by Gasteiger charge is 2.27. The number of nitrogens with zero attached hydrogens (tertiary/aromatic N) is 1. The minimum atomic E-state index is -2.73. The van der Waals surface area contributed by atoms with Gasteiger partial charge < -0.3 is 5.32 Å². The molecule has 2 rings (SSSR count). The largest absolute Gasteiger partial charge is 0.313 e. The van der Waals surface area contributed by atoms with E-state index in [0.29, 0.717) is 30.0 Å². The van der Waals surface area contributed by atoms with Gasteiger partial charge in [0.25, 0.3) is 0 Å². The zero-order valence-corrected chi connectivity index (χ0v) is 9.74. The van der Waals surface area contributed by atoms with Gasteiger partial charge in [-0.1, -0.05) is 0 Å². The average Bonchev–Trinajstić information content (AvgIpc) is 2.19. The first kappa shape index (κ1) is 10.7. The zero-order chi connectivity index (χ0) is 10.0. The molecule has 1 N–H and O–H groups in total. The second-order valence-electron chi connectivity index (χ2n) is 3.72. The minimum absolute atomic E-state index is 0.337. The summed E-state index contributed by atoms with van der Waals surface area (Å²) in [6.45, 7) is 3.49. The van der Waals surface area contributed by atoms with Crippen LogP contribution in [0.3, 0.4) is 0 Å². The van der Waals surface area contributed by atoms with E-state index in [1.807, 2.05) is 11.8 Å². The Balaban J connectivity index is 1.88. The summed E-state index contributed by atoms with van der Waals surface area (Å²) in [6, 6.07) is 0. The molecule has 0 spiro atoms. The van der Waals surface area contributed by atoms with Crippen molar-refractivity contribution in [2.75, 3.05) is 43.4 Å². The van der Waals surface area contributed by atoms with E-state index in [9.17, 15) is 8.42 Å². The Bertz CT molecular complexity index is 272. The molecule has 2 heterocycles. The summed E-state index contributed by atoms with van der Waals surface area (Å²) >= 11 is 1.94. The average molecular weight is 236 g/mol.